The molecule has 2 aromatic rings. The van der Waals surface area contributed by atoms with Crippen LogP contribution in [0, 0.1) is 5.82 Å². The number of rotatable bonds is 2. The summed E-state index contributed by atoms with van der Waals surface area (Å²) >= 11 is 0. The lowest BCUT2D eigenvalue weighted by atomic mass is 10.1. The standard InChI is InChI=1S/C11H7FN2O3/c12-6-2-1-3-7-9(6)5(11(16)17)4-8(14-7)10(13)15/h1-4H,(H2,13,15)(H,16,17). The predicted octanol–water partition coefficient (Wildman–Crippen LogP) is 1.17. The Bertz CT molecular complexity index is 640. The molecule has 0 bridgehead atoms. The fraction of sp³-hybridized carbons (Fsp3) is 0. The second-order valence-corrected chi connectivity index (χ2v) is 3.36. The van der Waals surface area contributed by atoms with E-state index < -0.39 is 17.7 Å². The second kappa shape index (κ2) is 3.82. The number of carbonyl (C=O) groups is 2. The Hall–Kier alpha value is -2.50. The van der Waals surface area contributed by atoms with Crippen LogP contribution in [0.1, 0.15) is 20.8 Å². The Morgan fingerprint density at radius 3 is 2.65 bits per heavy atom. The molecule has 1 heterocycles. The van der Waals surface area contributed by atoms with Crippen LogP contribution in [0.25, 0.3) is 10.9 Å². The van der Waals surface area contributed by atoms with Crippen molar-refractivity contribution in [2.45, 2.75) is 0 Å². The summed E-state index contributed by atoms with van der Waals surface area (Å²) in [5, 5.41) is 8.83. The molecule has 0 radical (unpaired) electrons. The molecule has 1 aromatic heterocycles. The predicted molar refractivity (Wildman–Crippen MR) is 57.2 cm³/mol. The van der Waals surface area contributed by atoms with Gasteiger partial charge in [0, 0.05) is 0 Å². The van der Waals surface area contributed by atoms with Gasteiger partial charge in [-0.15, -0.1) is 0 Å². The second-order valence-electron chi connectivity index (χ2n) is 3.36. The molecule has 5 nitrogen and oxygen atoms in total. The van der Waals surface area contributed by atoms with E-state index in [2.05, 4.69) is 4.98 Å². The van der Waals surface area contributed by atoms with Gasteiger partial charge >= 0.3 is 5.97 Å². The zero-order chi connectivity index (χ0) is 12.6. The summed E-state index contributed by atoms with van der Waals surface area (Å²) in [5.74, 6) is -2.91. The molecular formula is C11H7FN2O3. The van der Waals surface area contributed by atoms with Gasteiger partial charge in [-0.3, -0.25) is 4.79 Å². The largest absolute Gasteiger partial charge is 0.478 e. The number of hydrogen-bond donors (Lipinski definition) is 2. The zero-order valence-corrected chi connectivity index (χ0v) is 8.48. The highest BCUT2D eigenvalue weighted by Crippen LogP contribution is 2.21. The van der Waals surface area contributed by atoms with Gasteiger partial charge in [0.25, 0.3) is 5.91 Å². The fourth-order valence-electron chi connectivity index (χ4n) is 1.54. The van der Waals surface area contributed by atoms with Crippen molar-refractivity contribution in [3.8, 4) is 0 Å². The maximum absolute atomic E-state index is 13.5. The summed E-state index contributed by atoms with van der Waals surface area (Å²) in [6, 6.07) is 4.88. The van der Waals surface area contributed by atoms with E-state index in [1.54, 1.807) is 0 Å². The van der Waals surface area contributed by atoms with Crippen molar-refractivity contribution in [2.75, 3.05) is 0 Å². The minimum absolute atomic E-state index is 0.0821. The maximum atomic E-state index is 13.5. The molecule has 0 saturated carbocycles. The number of carbonyl (C=O) groups excluding carboxylic acids is 1. The van der Waals surface area contributed by atoms with E-state index in [-0.39, 0.29) is 22.2 Å². The SMILES string of the molecule is NC(=O)c1cc(C(=O)O)c2c(F)cccc2n1. The van der Waals surface area contributed by atoms with Gasteiger partial charge in [0.1, 0.15) is 11.5 Å². The molecule has 3 N–H and O–H groups in total. The highest BCUT2D eigenvalue weighted by molar-refractivity contribution is 6.05. The molecule has 0 atom stereocenters. The first-order chi connectivity index (χ1) is 8.00. The first kappa shape index (κ1) is 11.0. The molecule has 0 unspecified atom stereocenters. The summed E-state index contributed by atoms with van der Waals surface area (Å²) in [6.45, 7) is 0. The van der Waals surface area contributed by atoms with E-state index in [4.69, 9.17) is 10.8 Å². The highest BCUT2D eigenvalue weighted by Gasteiger charge is 2.16. The minimum Gasteiger partial charge on any atom is -0.478 e. The van der Waals surface area contributed by atoms with Crippen molar-refractivity contribution < 1.29 is 19.1 Å². The number of carboxylic acids is 1. The minimum atomic E-state index is -1.34. The molecule has 0 spiro atoms. The van der Waals surface area contributed by atoms with Crippen molar-refractivity contribution in [1.29, 1.82) is 0 Å². The van der Waals surface area contributed by atoms with Gasteiger partial charge in [-0.25, -0.2) is 14.2 Å². The zero-order valence-electron chi connectivity index (χ0n) is 8.48. The van der Waals surface area contributed by atoms with E-state index in [0.29, 0.717) is 0 Å². The molecule has 6 heteroatoms. The van der Waals surface area contributed by atoms with Gasteiger partial charge < -0.3 is 10.8 Å². The summed E-state index contributed by atoms with van der Waals surface area (Å²) in [7, 11) is 0. The molecule has 0 aliphatic heterocycles. The first-order valence-corrected chi connectivity index (χ1v) is 4.63. The number of halogens is 1. The molecule has 0 aliphatic carbocycles. The number of benzene rings is 1. The number of aromatic carboxylic acids is 1. The van der Waals surface area contributed by atoms with Crippen LogP contribution in [0.4, 0.5) is 4.39 Å². The molecule has 1 aromatic carbocycles. The van der Waals surface area contributed by atoms with Crippen LogP contribution < -0.4 is 5.73 Å². The molecule has 17 heavy (non-hydrogen) atoms. The van der Waals surface area contributed by atoms with Crippen LogP contribution in [0.2, 0.25) is 0 Å². The summed E-state index contributed by atoms with van der Waals surface area (Å²) in [4.78, 5) is 25.8. The monoisotopic (exact) mass is 234 g/mol. The molecule has 0 aliphatic rings. The van der Waals surface area contributed by atoms with E-state index in [9.17, 15) is 14.0 Å². The number of fused-ring (bicyclic) bond motifs is 1. The summed E-state index contributed by atoms with van der Waals surface area (Å²) in [5.41, 5.74) is 4.57. The Labute approximate surface area is 94.7 Å². The van der Waals surface area contributed by atoms with Crippen molar-refractivity contribution in [1.82, 2.24) is 4.98 Å². The van der Waals surface area contributed by atoms with Crippen LogP contribution in [-0.4, -0.2) is 22.0 Å². The van der Waals surface area contributed by atoms with Crippen LogP contribution in [-0.2, 0) is 0 Å². The Balaban J connectivity index is 2.91. The third-order valence-corrected chi connectivity index (χ3v) is 2.27. The number of aromatic nitrogens is 1. The summed E-state index contributed by atoms with van der Waals surface area (Å²) in [6.07, 6.45) is 0. The maximum Gasteiger partial charge on any atom is 0.336 e. The first-order valence-electron chi connectivity index (χ1n) is 4.63. The average Bonchev–Trinajstić information content (AvgIpc) is 2.27. The third-order valence-electron chi connectivity index (χ3n) is 2.27. The Morgan fingerprint density at radius 1 is 1.35 bits per heavy atom. The van der Waals surface area contributed by atoms with Gasteiger partial charge in [-0.2, -0.15) is 0 Å². The lowest BCUT2D eigenvalue weighted by molar-refractivity contribution is 0.0698. The molecule has 1 amide bonds. The van der Waals surface area contributed by atoms with E-state index in [1.165, 1.54) is 12.1 Å². The summed E-state index contributed by atoms with van der Waals surface area (Å²) < 4.78 is 13.5. The average molecular weight is 234 g/mol. The quantitative estimate of drug-likeness (QED) is 0.815. The molecule has 2 rings (SSSR count). The molecular weight excluding hydrogens is 227 g/mol. The number of nitrogens with two attached hydrogens (primary N) is 1. The number of primary amides is 1. The number of amides is 1. The van der Waals surface area contributed by atoms with Gasteiger partial charge in [0.05, 0.1) is 16.5 Å². The number of carboxylic acid groups (broad SMARTS) is 1. The highest BCUT2D eigenvalue weighted by atomic mass is 19.1. The van der Waals surface area contributed by atoms with Gasteiger partial charge in [-0.1, -0.05) is 6.07 Å². The van der Waals surface area contributed by atoms with Crippen LogP contribution in [0.15, 0.2) is 24.3 Å². The van der Waals surface area contributed by atoms with E-state index >= 15 is 0 Å². The number of pyridine rings is 1. The fourth-order valence-corrected chi connectivity index (χ4v) is 1.54. The molecule has 86 valence electrons. The van der Waals surface area contributed by atoms with Gasteiger partial charge in [0.15, 0.2) is 0 Å². The smallest absolute Gasteiger partial charge is 0.336 e. The van der Waals surface area contributed by atoms with Crippen molar-refractivity contribution >= 4 is 22.8 Å². The van der Waals surface area contributed by atoms with Crippen molar-refractivity contribution in [3.05, 3.63) is 41.3 Å². The molecule has 0 fully saturated rings. The lowest BCUT2D eigenvalue weighted by Gasteiger charge is -2.05. The van der Waals surface area contributed by atoms with Crippen molar-refractivity contribution in [3.63, 3.8) is 0 Å². The van der Waals surface area contributed by atoms with E-state index in [0.717, 1.165) is 12.1 Å². The lowest BCUT2D eigenvalue weighted by Crippen LogP contribution is -2.15. The van der Waals surface area contributed by atoms with Crippen LogP contribution in [0.5, 0.6) is 0 Å². The number of nitrogens with zero attached hydrogens (tertiary/aromatic N) is 1. The Morgan fingerprint density at radius 2 is 2.06 bits per heavy atom. The van der Waals surface area contributed by atoms with Crippen LogP contribution in [0.3, 0.4) is 0 Å². The topological polar surface area (TPSA) is 93.3 Å². The van der Waals surface area contributed by atoms with Crippen LogP contribution >= 0.6 is 0 Å². The Kier molecular flexibility index (Phi) is 2.47. The van der Waals surface area contributed by atoms with Gasteiger partial charge in [-0.05, 0) is 18.2 Å². The number of hydrogen-bond acceptors (Lipinski definition) is 3. The van der Waals surface area contributed by atoms with Gasteiger partial charge in [0.2, 0.25) is 0 Å². The third kappa shape index (κ3) is 1.80. The van der Waals surface area contributed by atoms with E-state index in [1.807, 2.05) is 0 Å². The normalized spacial score (nSPS) is 10.4. The van der Waals surface area contributed by atoms with Crippen molar-refractivity contribution in [2.24, 2.45) is 5.73 Å². The molecule has 0 saturated heterocycles.